The highest BCUT2D eigenvalue weighted by molar-refractivity contribution is 6.08. The Morgan fingerprint density at radius 2 is 1.79 bits per heavy atom. The van der Waals surface area contributed by atoms with E-state index in [9.17, 15) is 19.2 Å². The van der Waals surface area contributed by atoms with Gasteiger partial charge in [0.15, 0.2) is 6.61 Å². The number of anilines is 1. The first-order valence-corrected chi connectivity index (χ1v) is 9.92. The number of esters is 1. The third-order valence-corrected chi connectivity index (χ3v) is 5.62. The minimum absolute atomic E-state index is 0.342. The van der Waals surface area contributed by atoms with Gasteiger partial charge in [-0.3, -0.25) is 19.3 Å². The Hall–Kier alpha value is -2.96. The number of nitrogens with one attached hydrogen (secondary N) is 1. The Morgan fingerprint density at radius 1 is 1.17 bits per heavy atom. The fourth-order valence-corrected chi connectivity index (χ4v) is 3.95. The van der Waals surface area contributed by atoms with Crippen LogP contribution in [0.2, 0.25) is 0 Å². The molecule has 2 aliphatic rings. The Bertz CT molecular complexity index is 850. The number of allylic oxidation sites excluding steroid dienone is 2. The number of hydrogen-bond acceptors (Lipinski definition) is 5. The molecule has 7 heteroatoms. The zero-order valence-corrected chi connectivity index (χ0v) is 16.9. The number of ether oxygens (including phenoxy) is 1. The Kier molecular flexibility index (Phi) is 6.15. The van der Waals surface area contributed by atoms with Crippen LogP contribution in [0.5, 0.6) is 0 Å². The summed E-state index contributed by atoms with van der Waals surface area (Å²) in [7, 11) is 0. The maximum atomic E-state index is 12.6. The second kappa shape index (κ2) is 8.59. The zero-order chi connectivity index (χ0) is 21.1. The van der Waals surface area contributed by atoms with Crippen LogP contribution in [0.1, 0.15) is 37.8 Å². The number of fused-ring (bicyclic) bond motifs is 1. The highest BCUT2D eigenvalue weighted by Gasteiger charge is 2.50. The third-order valence-electron chi connectivity index (χ3n) is 5.62. The molecule has 1 N–H and O–H groups in total. The summed E-state index contributed by atoms with van der Waals surface area (Å²) in [5.41, 5.74) is 2.62. The van der Waals surface area contributed by atoms with Gasteiger partial charge in [0.25, 0.3) is 5.91 Å². The normalized spacial score (nSPS) is 21.7. The molecule has 1 fully saturated rings. The largest absolute Gasteiger partial charge is 0.454 e. The molecule has 154 valence electrons. The van der Waals surface area contributed by atoms with Gasteiger partial charge in [-0.2, -0.15) is 0 Å². The topological polar surface area (TPSA) is 92.8 Å². The molecule has 3 rings (SSSR count). The number of carbonyl (C=O) groups is 4. The van der Waals surface area contributed by atoms with E-state index in [1.807, 2.05) is 44.2 Å². The lowest BCUT2D eigenvalue weighted by Gasteiger charge is -2.21. The molecule has 3 amide bonds. The molecule has 1 saturated heterocycles. The predicted octanol–water partition coefficient (Wildman–Crippen LogP) is 2.38. The maximum Gasteiger partial charge on any atom is 0.329 e. The zero-order valence-electron chi connectivity index (χ0n) is 16.9. The van der Waals surface area contributed by atoms with E-state index in [-0.39, 0.29) is 11.8 Å². The van der Waals surface area contributed by atoms with Crippen molar-refractivity contribution in [2.45, 2.75) is 46.1 Å². The fraction of sp³-hybridized carbons (Fsp3) is 0.455. The molecule has 3 atom stereocenters. The van der Waals surface area contributed by atoms with Crippen LogP contribution in [0.25, 0.3) is 0 Å². The fourth-order valence-electron chi connectivity index (χ4n) is 3.95. The van der Waals surface area contributed by atoms with Crippen LogP contribution in [0, 0.1) is 18.8 Å². The number of benzene rings is 1. The van der Waals surface area contributed by atoms with Crippen molar-refractivity contribution in [1.82, 2.24) is 4.90 Å². The molecule has 0 saturated carbocycles. The lowest BCUT2D eigenvalue weighted by Crippen LogP contribution is -2.45. The number of imide groups is 1. The molecule has 7 nitrogen and oxygen atoms in total. The van der Waals surface area contributed by atoms with Crippen LogP contribution in [0.4, 0.5) is 5.69 Å². The monoisotopic (exact) mass is 398 g/mol. The number of likely N-dealkylation sites (tertiary alicyclic amines) is 1. The molecule has 0 bridgehead atoms. The molecule has 1 aromatic carbocycles. The summed E-state index contributed by atoms with van der Waals surface area (Å²) in [6.07, 6.45) is 5.54. The van der Waals surface area contributed by atoms with E-state index in [1.165, 1.54) is 6.92 Å². The van der Waals surface area contributed by atoms with Gasteiger partial charge in [-0.05, 0) is 44.2 Å². The van der Waals surface area contributed by atoms with Crippen molar-refractivity contribution >= 4 is 29.4 Å². The van der Waals surface area contributed by atoms with E-state index < -0.39 is 36.4 Å². The van der Waals surface area contributed by atoms with Gasteiger partial charge in [0, 0.05) is 5.69 Å². The molecule has 0 spiro atoms. The highest BCUT2D eigenvalue weighted by Crippen LogP contribution is 2.36. The summed E-state index contributed by atoms with van der Waals surface area (Å²) in [5, 5.41) is 2.78. The average molecular weight is 398 g/mol. The number of amides is 3. The molecule has 1 heterocycles. The summed E-state index contributed by atoms with van der Waals surface area (Å²) >= 11 is 0. The molecule has 0 radical (unpaired) electrons. The van der Waals surface area contributed by atoms with Crippen LogP contribution in [-0.4, -0.2) is 41.2 Å². The van der Waals surface area contributed by atoms with Crippen molar-refractivity contribution in [2.24, 2.45) is 11.8 Å². The third kappa shape index (κ3) is 4.09. The van der Waals surface area contributed by atoms with Crippen molar-refractivity contribution in [1.29, 1.82) is 0 Å². The average Bonchev–Trinajstić information content (AvgIpc) is 2.97. The van der Waals surface area contributed by atoms with E-state index in [4.69, 9.17) is 4.74 Å². The van der Waals surface area contributed by atoms with Crippen LogP contribution < -0.4 is 5.32 Å². The predicted molar refractivity (Wildman–Crippen MR) is 107 cm³/mol. The van der Waals surface area contributed by atoms with Crippen LogP contribution in [0.3, 0.4) is 0 Å². The summed E-state index contributed by atoms with van der Waals surface area (Å²) in [6.45, 7) is 4.85. The lowest BCUT2D eigenvalue weighted by molar-refractivity contribution is -0.159. The second-order valence-corrected chi connectivity index (χ2v) is 7.50. The highest BCUT2D eigenvalue weighted by atomic mass is 16.5. The van der Waals surface area contributed by atoms with E-state index in [1.54, 1.807) is 0 Å². The second-order valence-electron chi connectivity index (χ2n) is 7.50. The van der Waals surface area contributed by atoms with Crippen molar-refractivity contribution in [3.8, 4) is 0 Å². The van der Waals surface area contributed by atoms with E-state index in [0.29, 0.717) is 18.5 Å². The number of aryl methyl sites for hydroxylation is 2. The molecule has 1 aliphatic heterocycles. The smallest absolute Gasteiger partial charge is 0.329 e. The van der Waals surface area contributed by atoms with Gasteiger partial charge in [-0.1, -0.05) is 37.3 Å². The summed E-state index contributed by atoms with van der Waals surface area (Å²) in [5.74, 6) is -2.73. The van der Waals surface area contributed by atoms with Gasteiger partial charge in [-0.15, -0.1) is 0 Å². The lowest BCUT2D eigenvalue weighted by atomic mass is 9.85. The number of hydrogen-bond donors (Lipinski definition) is 1. The van der Waals surface area contributed by atoms with Crippen molar-refractivity contribution in [3.05, 3.63) is 41.5 Å². The molecule has 1 aliphatic carbocycles. The molecule has 0 unspecified atom stereocenters. The van der Waals surface area contributed by atoms with Crippen molar-refractivity contribution in [3.63, 3.8) is 0 Å². The van der Waals surface area contributed by atoms with Gasteiger partial charge in [0.1, 0.15) is 6.04 Å². The molecular weight excluding hydrogens is 372 g/mol. The number of para-hydroxylation sites is 1. The molecule has 29 heavy (non-hydrogen) atoms. The SMILES string of the molecule is CCc1cccc(C)c1NC(=O)COC(=O)[C@H](C)N1C(=O)[C@H]2CC=CC[C@H]2C1=O. The summed E-state index contributed by atoms with van der Waals surface area (Å²) < 4.78 is 5.10. The minimum Gasteiger partial charge on any atom is -0.454 e. The van der Waals surface area contributed by atoms with Crippen LogP contribution in [0.15, 0.2) is 30.4 Å². The Morgan fingerprint density at radius 3 is 2.38 bits per heavy atom. The molecular formula is C22H26N2O5. The summed E-state index contributed by atoms with van der Waals surface area (Å²) in [6, 6.07) is 4.68. The van der Waals surface area contributed by atoms with Gasteiger partial charge in [0.05, 0.1) is 11.8 Å². The van der Waals surface area contributed by atoms with Gasteiger partial charge in [-0.25, -0.2) is 4.79 Å². The van der Waals surface area contributed by atoms with Crippen molar-refractivity contribution < 1.29 is 23.9 Å². The van der Waals surface area contributed by atoms with E-state index >= 15 is 0 Å². The van der Waals surface area contributed by atoms with Gasteiger partial charge < -0.3 is 10.1 Å². The van der Waals surface area contributed by atoms with Crippen LogP contribution in [-0.2, 0) is 30.3 Å². The number of nitrogens with zero attached hydrogens (tertiary/aromatic N) is 1. The van der Waals surface area contributed by atoms with E-state index in [2.05, 4.69) is 5.32 Å². The number of rotatable bonds is 6. The molecule has 0 aromatic heterocycles. The minimum atomic E-state index is -1.06. The first kappa shape index (κ1) is 20.8. The number of carbonyl (C=O) groups excluding carboxylic acids is 4. The quantitative estimate of drug-likeness (QED) is 0.451. The maximum absolute atomic E-state index is 12.6. The first-order chi connectivity index (χ1) is 13.8. The first-order valence-electron chi connectivity index (χ1n) is 9.92. The summed E-state index contributed by atoms with van der Waals surface area (Å²) in [4.78, 5) is 50.8. The van der Waals surface area contributed by atoms with E-state index in [0.717, 1.165) is 22.4 Å². The van der Waals surface area contributed by atoms with Gasteiger partial charge in [0.2, 0.25) is 11.8 Å². The standard InChI is InChI=1S/C22H26N2O5/c1-4-15-9-7-8-13(2)19(15)23-18(25)12-29-22(28)14(3)24-20(26)16-10-5-6-11-17(16)21(24)27/h5-9,14,16-17H,4,10-12H2,1-3H3,(H,23,25)/t14-,16-,17+/m0/s1. The van der Waals surface area contributed by atoms with Crippen molar-refractivity contribution in [2.75, 3.05) is 11.9 Å². The Labute approximate surface area is 170 Å². The molecule has 1 aromatic rings. The van der Waals surface area contributed by atoms with Crippen LogP contribution >= 0.6 is 0 Å². The van der Waals surface area contributed by atoms with Gasteiger partial charge >= 0.3 is 5.97 Å². The Balaban J connectivity index is 1.59.